The Labute approximate surface area is 65.0 Å². The molecule has 0 heteroatoms. The molecule has 0 heterocycles. The summed E-state index contributed by atoms with van der Waals surface area (Å²) in [6, 6.07) is 0. The van der Waals surface area contributed by atoms with E-state index in [1.807, 2.05) is 0 Å². The van der Waals surface area contributed by atoms with Crippen LogP contribution in [0, 0.1) is 17.3 Å². The fourth-order valence-corrected chi connectivity index (χ4v) is 1.61. The molecule has 0 spiro atoms. The monoisotopic (exact) mass is 140 g/mol. The highest BCUT2D eigenvalue weighted by Crippen LogP contribution is 2.55. The SMILES string of the molecule is CC(C)CCC1(C)CC1C. The van der Waals surface area contributed by atoms with Gasteiger partial charge < -0.3 is 0 Å². The van der Waals surface area contributed by atoms with Crippen LogP contribution in [0.25, 0.3) is 0 Å². The fourth-order valence-electron chi connectivity index (χ4n) is 1.61. The topological polar surface area (TPSA) is 0 Å². The lowest BCUT2D eigenvalue weighted by Gasteiger charge is -2.10. The minimum atomic E-state index is 0.740. The van der Waals surface area contributed by atoms with Crippen LogP contribution in [-0.4, -0.2) is 0 Å². The van der Waals surface area contributed by atoms with Crippen molar-refractivity contribution in [2.45, 2.75) is 47.0 Å². The Bertz CT molecular complexity index is 115. The quantitative estimate of drug-likeness (QED) is 0.563. The Morgan fingerprint density at radius 1 is 1.50 bits per heavy atom. The summed E-state index contributed by atoms with van der Waals surface area (Å²) in [4.78, 5) is 0. The molecule has 2 unspecified atom stereocenters. The summed E-state index contributed by atoms with van der Waals surface area (Å²) >= 11 is 0. The summed E-state index contributed by atoms with van der Waals surface area (Å²) in [6.07, 6.45) is 4.34. The van der Waals surface area contributed by atoms with Crippen molar-refractivity contribution in [3.8, 4) is 0 Å². The van der Waals surface area contributed by atoms with Crippen molar-refractivity contribution in [3.63, 3.8) is 0 Å². The van der Waals surface area contributed by atoms with Crippen molar-refractivity contribution in [2.24, 2.45) is 17.3 Å². The average molecular weight is 140 g/mol. The zero-order valence-corrected chi connectivity index (χ0v) is 7.78. The van der Waals surface area contributed by atoms with E-state index in [9.17, 15) is 0 Å². The first-order chi connectivity index (χ1) is 4.54. The molecule has 0 aliphatic heterocycles. The van der Waals surface area contributed by atoms with Crippen LogP contribution in [0.5, 0.6) is 0 Å². The summed E-state index contributed by atoms with van der Waals surface area (Å²) in [6.45, 7) is 9.44. The lowest BCUT2D eigenvalue weighted by Crippen LogP contribution is -1.99. The van der Waals surface area contributed by atoms with E-state index in [1.54, 1.807) is 0 Å². The fraction of sp³-hybridized carbons (Fsp3) is 1.00. The van der Waals surface area contributed by atoms with Crippen molar-refractivity contribution in [1.82, 2.24) is 0 Å². The van der Waals surface area contributed by atoms with E-state index in [0.717, 1.165) is 17.3 Å². The smallest absolute Gasteiger partial charge is 0.0297 e. The maximum absolute atomic E-state index is 2.43. The summed E-state index contributed by atoms with van der Waals surface area (Å²) in [5, 5.41) is 0. The lowest BCUT2D eigenvalue weighted by molar-refractivity contribution is 0.410. The van der Waals surface area contributed by atoms with Crippen molar-refractivity contribution in [2.75, 3.05) is 0 Å². The molecule has 0 nitrogen and oxygen atoms in total. The van der Waals surface area contributed by atoms with Gasteiger partial charge in [-0.3, -0.25) is 0 Å². The third kappa shape index (κ3) is 1.74. The third-order valence-corrected chi connectivity index (χ3v) is 3.09. The first kappa shape index (κ1) is 8.10. The van der Waals surface area contributed by atoms with Gasteiger partial charge in [0.25, 0.3) is 0 Å². The van der Waals surface area contributed by atoms with E-state index in [0.29, 0.717) is 0 Å². The van der Waals surface area contributed by atoms with E-state index < -0.39 is 0 Å². The highest BCUT2D eigenvalue weighted by molar-refractivity contribution is 4.95. The Morgan fingerprint density at radius 2 is 2.00 bits per heavy atom. The third-order valence-electron chi connectivity index (χ3n) is 3.09. The van der Waals surface area contributed by atoms with Crippen LogP contribution >= 0.6 is 0 Å². The molecule has 10 heavy (non-hydrogen) atoms. The Morgan fingerprint density at radius 3 is 2.30 bits per heavy atom. The molecule has 60 valence electrons. The van der Waals surface area contributed by atoms with Gasteiger partial charge in [0.15, 0.2) is 0 Å². The van der Waals surface area contributed by atoms with Gasteiger partial charge in [-0.25, -0.2) is 0 Å². The second-order valence-corrected chi connectivity index (χ2v) is 4.69. The molecule has 0 N–H and O–H groups in total. The Balaban J connectivity index is 2.15. The van der Waals surface area contributed by atoms with Crippen LogP contribution in [-0.2, 0) is 0 Å². The van der Waals surface area contributed by atoms with Gasteiger partial charge in [-0.05, 0) is 30.1 Å². The van der Waals surface area contributed by atoms with Gasteiger partial charge in [-0.15, -0.1) is 0 Å². The number of hydrogen-bond donors (Lipinski definition) is 0. The van der Waals surface area contributed by atoms with E-state index in [-0.39, 0.29) is 0 Å². The molecule has 0 amide bonds. The molecular weight excluding hydrogens is 120 g/mol. The van der Waals surface area contributed by atoms with Gasteiger partial charge in [-0.1, -0.05) is 34.1 Å². The molecule has 1 saturated carbocycles. The summed E-state index contributed by atoms with van der Waals surface area (Å²) in [7, 11) is 0. The molecule has 0 bridgehead atoms. The highest BCUT2D eigenvalue weighted by Gasteiger charge is 2.45. The van der Waals surface area contributed by atoms with Crippen LogP contribution in [0.2, 0.25) is 0 Å². The predicted octanol–water partition coefficient (Wildman–Crippen LogP) is 3.47. The molecule has 0 aromatic heterocycles. The predicted molar refractivity (Wildman–Crippen MR) is 46.0 cm³/mol. The minimum Gasteiger partial charge on any atom is -0.0628 e. The van der Waals surface area contributed by atoms with E-state index >= 15 is 0 Å². The van der Waals surface area contributed by atoms with Crippen molar-refractivity contribution in [1.29, 1.82) is 0 Å². The van der Waals surface area contributed by atoms with Crippen LogP contribution in [0.15, 0.2) is 0 Å². The van der Waals surface area contributed by atoms with Gasteiger partial charge in [0.05, 0.1) is 0 Å². The second-order valence-electron chi connectivity index (χ2n) is 4.69. The van der Waals surface area contributed by atoms with E-state index in [4.69, 9.17) is 0 Å². The maximum Gasteiger partial charge on any atom is -0.0297 e. The zero-order valence-electron chi connectivity index (χ0n) is 7.78. The Hall–Kier alpha value is 0. The maximum atomic E-state index is 2.43. The van der Waals surface area contributed by atoms with Gasteiger partial charge in [-0.2, -0.15) is 0 Å². The van der Waals surface area contributed by atoms with Crippen LogP contribution < -0.4 is 0 Å². The summed E-state index contributed by atoms with van der Waals surface area (Å²) in [5.41, 5.74) is 0.740. The van der Waals surface area contributed by atoms with Crippen molar-refractivity contribution in [3.05, 3.63) is 0 Å². The van der Waals surface area contributed by atoms with Crippen LogP contribution in [0.1, 0.15) is 47.0 Å². The van der Waals surface area contributed by atoms with E-state index in [1.165, 1.54) is 19.3 Å². The molecule has 0 saturated heterocycles. The van der Waals surface area contributed by atoms with Crippen LogP contribution in [0.4, 0.5) is 0 Å². The summed E-state index contributed by atoms with van der Waals surface area (Å²) in [5.74, 6) is 1.90. The van der Waals surface area contributed by atoms with Crippen molar-refractivity contribution < 1.29 is 0 Å². The molecular formula is C10H20. The van der Waals surface area contributed by atoms with Gasteiger partial charge in [0.2, 0.25) is 0 Å². The molecule has 1 fully saturated rings. The Kier molecular flexibility index (Phi) is 2.07. The van der Waals surface area contributed by atoms with Gasteiger partial charge in [0, 0.05) is 0 Å². The minimum absolute atomic E-state index is 0.740. The first-order valence-electron chi connectivity index (χ1n) is 4.54. The van der Waals surface area contributed by atoms with Crippen molar-refractivity contribution >= 4 is 0 Å². The molecule has 1 aliphatic rings. The average Bonchev–Trinajstić information content (AvgIpc) is 2.38. The highest BCUT2D eigenvalue weighted by atomic mass is 14.5. The first-order valence-corrected chi connectivity index (χ1v) is 4.54. The lowest BCUT2D eigenvalue weighted by atomic mass is 9.95. The number of rotatable bonds is 3. The molecule has 2 atom stereocenters. The zero-order chi connectivity index (χ0) is 7.78. The molecule has 0 aromatic rings. The van der Waals surface area contributed by atoms with Crippen LogP contribution in [0.3, 0.4) is 0 Å². The largest absolute Gasteiger partial charge is 0.0628 e. The molecule has 0 radical (unpaired) electrons. The molecule has 1 rings (SSSR count). The van der Waals surface area contributed by atoms with Gasteiger partial charge >= 0.3 is 0 Å². The molecule has 0 aromatic carbocycles. The standard InChI is InChI=1S/C10H20/c1-8(2)5-6-10(4)7-9(10)3/h8-9H,5-7H2,1-4H3. The van der Waals surface area contributed by atoms with Gasteiger partial charge in [0.1, 0.15) is 0 Å². The van der Waals surface area contributed by atoms with E-state index in [2.05, 4.69) is 27.7 Å². The second kappa shape index (κ2) is 2.56. The number of hydrogen-bond acceptors (Lipinski definition) is 0. The summed E-state index contributed by atoms with van der Waals surface area (Å²) < 4.78 is 0. The molecule has 1 aliphatic carbocycles. The normalized spacial score (nSPS) is 38.7.